The van der Waals surface area contributed by atoms with Gasteiger partial charge in [-0.05, 0) is 44.6 Å². The van der Waals surface area contributed by atoms with Gasteiger partial charge in [0.1, 0.15) is 5.75 Å². The van der Waals surface area contributed by atoms with Crippen LogP contribution in [0.15, 0.2) is 30.5 Å². The molecule has 28 heavy (non-hydrogen) atoms. The van der Waals surface area contributed by atoms with Crippen molar-refractivity contribution in [1.29, 1.82) is 0 Å². The number of unbranched alkanes of at least 4 members (excludes halogenated alkanes) is 7. The highest BCUT2D eigenvalue weighted by Gasteiger charge is 2.05. The van der Waals surface area contributed by atoms with Crippen molar-refractivity contribution >= 4 is 16.6 Å². The van der Waals surface area contributed by atoms with Crippen LogP contribution in [0.1, 0.15) is 65.2 Å². The van der Waals surface area contributed by atoms with Crippen molar-refractivity contribution in [3.63, 3.8) is 0 Å². The standard InChI is InChI=1S/C24H39N3O/c1-4-27(5-2)18-13-11-9-7-6-8-10-12-16-25-23-20-22(28-3)19-21-15-14-17-26-24(21)23/h14-15,17,19-20,25H,4-13,16,18H2,1-3H3. The Morgan fingerprint density at radius 2 is 1.61 bits per heavy atom. The number of fused-ring (bicyclic) bond motifs is 1. The SMILES string of the molecule is CCN(CC)CCCCCCCCCCNc1cc(OC)cc2cccnc12. The molecule has 1 aromatic heterocycles. The van der Waals surface area contributed by atoms with Crippen molar-refractivity contribution in [2.75, 3.05) is 38.6 Å². The number of benzene rings is 1. The Morgan fingerprint density at radius 1 is 0.929 bits per heavy atom. The Balaban J connectivity index is 1.56. The van der Waals surface area contributed by atoms with Gasteiger partial charge in [-0.1, -0.05) is 58.4 Å². The first kappa shape index (κ1) is 22.5. The topological polar surface area (TPSA) is 37.4 Å². The van der Waals surface area contributed by atoms with Gasteiger partial charge in [0.05, 0.1) is 18.3 Å². The third kappa shape index (κ3) is 7.67. The predicted molar refractivity (Wildman–Crippen MR) is 122 cm³/mol. The number of pyridine rings is 1. The van der Waals surface area contributed by atoms with Crippen LogP contribution in [0.2, 0.25) is 0 Å². The molecule has 0 amide bonds. The maximum Gasteiger partial charge on any atom is 0.121 e. The lowest BCUT2D eigenvalue weighted by Crippen LogP contribution is -2.23. The number of nitrogens with one attached hydrogen (secondary N) is 1. The second-order valence-electron chi connectivity index (χ2n) is 7.53. The zero-order valence-corrected chi connectivity index (χ0v) is 18.2. The van der Waals surface area contributed by atoms with Crippen molar-refractivity contribution in [2.24, 2.45) is 0 Å². The summed E-state index contributed by atoms with van der Waals surface area (Å²) in [5.41, 5.74) is 2.09. The van der Waals surface area contributed by atoms with E-state index in [4.69, 9.17) is 4.74 Å². The lowest BCUT2D eigenvalue weighted by atomic mass is 10.1. The summed E-state index contributed by atoms with van der Waals surface area (Å²) < 4.78 is 5.42. The smallest absolute Gasteiger partial charge is 0.121 e. The molecule has 4 heteroatoms. The summed E-state index contributed by atoms with van der Waals surface area (Å²) in [6, 6.07) is 8.14. The van der Waals surface area contributed by atoms with Crippen LogP contribution in [0.25, 0.3) is 10.9 Å². The van der Waals surface area contributed by atoms with Crippen LogP contribution in [-0.2, 0) is 0 Å². The lowest BCUT2D eigenvalue weighted by molar-refractivity contribution is 0.295. The molecule has 2 aromatic rings. The van der Waals surface area contributed by atoms with Crippen LogP contribution in [0.3, 0.4) is 0 Å². The number of hydrogen-bond donors (Lipinski definition) is 1. The first-order valence-electron chi connectivity index (χ1n) is 11.2. The second-order valence-corrected chi connectivity index (χ2v) is 7.53. The summed E-state index contributed by atoms with van der Waals surface area (Å²) in [6.07, 6.45) is 12.6. The van der Waals surface area contributed by atoms with Crippen LogP contribution < -0.4 is 10.1 Å². The highest BCUT2D eigenvalue weighted by atomic mass is 16.5. The van der Waals surface area contributed by atoms with Crippen LogP contribution in [0.5, 0.6) is 5.75 Å². The summed E-state index contributed by atoms with van der Waals surface area (Å²) >= 11 is 0. The molecule has 0 aliphatic heterocycles. The number of aromatic nitrogens is 1. The van der Waals surface area contributed by atoms with Gasteiger partial charge in [0, 0.05) is 24.2 Å². The van der Waals surface area contributed by atoms with Crippen molar-refractivity contribution in [3.05, 3.63) is 30.5 Å². The fourth-order valence-corrected chi connectivity index (χ4v) is 3.70. The molecule has 156 valence electrons. The molecule has 0 saturated carbocycles. The molecule has 2 rings (SSSR count). The van der Waals surface area contributed by atoms with E-state index in [1.165, 1.54) is 71.0 Å². The van der Waals surface area contributed by atoms with Crippen LogP contribution in [0.4, 0.5) is 5.69 Å². The van der Waals surface area contributed by atoms with E-state index >= 15 is 0 Å². The summed E-state index contributed by atoms with van der Waals surface area (Å²) in [6.45, 7) is 9.14. The molecule has 0 unspecified atom stereocenters. The monoisotopic (exact) mass is 385 g/mol. The van der Waals surface area contributed by atoms with Gasteiger partial charge in [0.15, 0.2) is 0 Å². The normalized spacial score (nSPS) is 11.3. The summed E-state index contributed by atoms with van der Waals surface area (Å²) in [5.74, 6) is 0.879. The van der Waals surface area contributed by atoms with E-state index < -0.39 is 0 Å². The molecule has 0 bridgehead atoms. The predicted octanol–water partition coefficient (Wildman–Crippen LogP) is 6.12. The van der Waals surface area contributed by atoms with Crippen LogP contribution in [-0.4, -0.2) is 43.2 Å². The van der Waals surface area contributed by atoms with Gasteiger partial charge < -0.3 is 15.0 Å². The minimum atomic E-state index is 0.879. The number of nitrogens with zero attached hydrogens (tertiary/aromatic N) is 2. The minimum absolute atomic E-state index is 0.879. The summed E-state index contributed by atoms with van der Waals surface area (Å²) in [4.78, 5) is 7.04. The molecule has 0 radical (unpaired) electrons. The van der Waals surface area contributed by atoms with Gasteiger partial charge in [-0.3, -0.25) is 4.98 Å². The zero-order chi connectivity index (χ0) is 20.0. The largest absolute Gasteiger partial charge is 0.497 e. The molecule has 0 spiro atoms. The van der Waals surface area contributed by atoms with Gasteiger partial charge in [-0.15, -0.1) is 0 Å². The molecule has 1 N–H and O–H groups in total. The third-order valence-electron chi connectivity index (χ3n) is 5.53. The third-order valence-corrected chi connectivity index (χ3v) is 5.53. The quantitative estimate of drug-likeness (QED) is 0.375. The van der Waals surface area contributed by atoms with Gasteiger partial charge in [0.25, 0.3) is 0 Å². The van der Waals surface area contributed by atoms with E-state index in [1.807, 2.05) is 24.4 Å². The number of rotatable bonds is 15. The zero-order valence-electron chi connectivity index (χ0n) is 18.2. The molecule has 1 heterocycles. The number of hydrogen-bond acceptors (Lipinski definition) is 4. The summed E-state index contributed by atoms with van der Waals surface area (Å²) in [5, 5.41) is 4.67. The van der Waals surface area contributed by atoms with Crippen molar-refractivity contribution in [3.8, 4) is 5.75 Å². The van der Waals surface area contributed by atoms with Crippen LogP contribution >= 0.6 is 0 Å². The van der Waals surface area contributed by atoms with E-state index in [0.29, 0.717) is 0 Å². The first-order chi connectivity index (χ1) is 13.8. The van der Waals surface area contributed by atoms with Crippen molar-refractivity contribution in [1.82, 2.24) is 9.88 Å². The lowest BCUT2D eigenvalue weighted by Gasteiger charge is -2.17. The Morgan fingerprint density at radius 3 is 2.29 bits per heavy atom. The Kier molecular flexibility index (Phi) is 10.7. The molecule has 4 nitrogen and oxygen atoms in total. The molecule has 0 fully saturated rings. The minimum Gasteiger partial charge on any atom is -0.497 e. The first-order valence-corrected chi connectivity index (χ1v) is 11.2. The van der Waals surface area contributed by atoms with E-state index in [1.54, 1.807) is 7.11 Å². The van der Waals surface area contributed by atoms with Gasteiger partial charge in [-0.25, -0.2) is 0 Å². The number of ether oxygens (including phenoxy) is 1. The summed E-state index contributed by atoms with van der Waals surface area (Å²) in [7, 11) is 1.71. The highest BCUT2D eigenvalue weighted by Crippen LogP contribution is 2.27. The van der Waals surface area contributed by atoms with E-state index in [-0.39, 0.29) is 0 Å². The van der Waals surface area contributed by atoms with Gasteiger partial charge in [0.2, 0.25) is 0 Å². The Bertz CT molecular complexity index is 670. The van der Waals surface area contributed by atoms with Crippen LogP contribution in [0, 0.1) is 0 Å². The second kappa shape index (κ2) is 13.4. The fraction of sp³-hybridized carbons (Fsp3) is 0.625. The fourth-order valence-electron chi connectivity index (χ4n) is 3.70. The molecule has 0 atom stereocenters. The molecular formula is C24H39N3O. The number of methoxy groups -OCH3 is 1. The molecule has 1 aromatic carbocycles. The van der Waals surface area contributed by atoms with Gasteiger partial charge in [-0.2, -0.15) is 0 Å². The molecule has 0 aliphatic rings. The van der Waals surface area contributed by atoms with Crippen molar-refractivity contribution < 1.29 is 4.74 Å². The Labute approximate surface area is 171 Å². The van der Waals surface area contributed by atoms with Crippen molar-refractivity contribution in [2.45, 2.75) is 65.2 Å². The Hall–Kier alpha value is -1.81. The maximum atomic E-state index is 5.42. The van der Waals surface area contributed by atoms with E-state index in [2.05, 4.69) is 35.1 Å². The van der Waals surface area contributed by atoms with E-state index in [9.17, 15) is 0 Å². The van der Waals surface area contributed by atoms with E-state index in [0.717, 1.165) is 28.9 Å². The highest BCUT2D eigenvalue weighted by molar-refractivity contribution is 5.91. The average molecular weight is 386 g/mol. The molecule has 0 saturated heterocycles. The number of anilines is 1. The average Bonchev–Trinajstić information content (AvgIpc) is 2.74. The van der Waals surface area contributed by atoms with Gasteiger partial charge >= 0.3 is 0 Å². The molecular weight excluding hydrogens is 346 g/mol. The molecule has 0 aliphatic carbocycles. The maximum absolute atomic E-state index is 5.42.